The van der Waals surface area contributed by atoms with E-state index < -0.39 is 70.7 Å². The molecule has 1 aliphatic heterocycles. The zero-order valence-corrected chi connectivity index (χ0v) is 44.2. The number of amides is 4. The maximum Gasteiger partial charge on any atom is 0.419 e. The average Bonchev–Trinajstić information content (AvgIpc) is 3.63. The van der Waals surface area contributed by atoms with Crippen LogP contribution in [0.3, 0.4) is 0 Å². The highest BCUT2D eigenvalue weighted by atomic mass is 79.9. The fourth-order valence-corrected chi connectivity index (χ4v) is 9.34. The van der Waals surface area contributed by atoms with Gasteiger partial charge in [-0.1, -0.05) is 58.4 Å². The Morgan fingerprint density at radius 3 is 2.23 bits per heavy atom. The number of benzene rings is 2. The largest absolute Gasteiger partial charge is 0.460 e. The van der Waals surface area contributed by atoms with Gasteiger partial charge in [0, 0.05) is 67.3 Å². The van der Waals surface area contributed by atoms with Crippen molar-refractivity contribution < 1.29 is 47.4 Å². The Morgan fingerprint density at radius 1 is 0.843 bits per heavy atom. The molecule has 19 heteroatoms. The third-order valence-corrected chi connectivity index (χ3v) is 12.9. The van der Waals surface area contributed by atoms with E-state index in [1.807, 2.05) is 12.1 Å². The second-order valence-electron chi connectivity index (χ2n) is 20.2. The summed E-state index contributed by atoms with van der Waals surface area (Å²) in [4.78, 5) is 89.3. The highest BCUT2D eigenvalue weighted by molar-refractivity contribution is 9.10. The lowest BCUT2D eigenvalue weighted by molar-refractivity contribution is -0.155. The van der Waals surface area contributed by atoms with E-state index in [1.165, 1.54) is 22.6 Å². The number of carbonyl (C=O) groups is 6. The molecule has 2 aromatic carbocycles. The topological polar surface area (TPSA) is 199 Å². The number of hydrogen-bond acceptors (Lipinski definition) is 12. The molecule has 3 atom stereocenters. The van der Waals surface area contributed by atoms with Crippen LogP contribution in [0.2, 0.25) is 0 Å². The summed E-state index contributed by atoms with van der Waals surface area (Å²) < 4.78 is 34.5. The quantitative estimate of drug-likeness (QED) is 0.0634. The van der Waals surface area contributed by atoms with Crippen molar-refractivity contribution in [3.05, 3.63) is 87.9 Å². The highest BCUT2D eigenvalue weighted by Crippen LogP contribution is 2.37. The van der Waals surface area contributed by atoms with Gasteiger partial charge in [-0.2, -0.15) is 0 Å². The van der Waals surface area contributed by atoms with Crippen LogP contribution in [0.1, 0.15) is 118 Å². The molecule has 2 aromatic heterocycles. The lowest BCUT2D eigenvalue weighted by Gasteiger charge is -2.32. The molecule has 0 spiro atoms. The fraction of sp³-hybridized carbons (Fsp3) is 0.510. The maximum absolute atomic E-state index is 16.0. The van der Waals surface area contributed by atoms with E-state index in [0.717, 1.165) is 11.8 Å². The molecule has 4 aromatic rings. The predicted molar refractivity (Wildman–Crippen MR) is 268 cm³/mol. The number of carbonyl (C=O) groups excluding carboxylic acids is 6. The molecule has 3 heterocycles. The highest BCUT2D eigenvalue weighted by Gasteiger charge is 2.35. The van der Waals surface area contributed by atoms with Crippen LogP contribution in [-0.2, 0) is 52.9 Å². The molecule has 4 N–H and O–H groups in total. The van der Waals surface area contributed by atoms with Crippen LogP contribution in [-0.4, -0.2) is 98.8 Å². The van der Waals surface area contributed by atoms with Gasteiger partial charge in [-0.25, -0.2) is 19.0 Å². The van der Waals surface area contributed by atoms with Gasteiger partial charge in [-0.05, 0) is 123 Å². The number of nitrogens with zero attached hydrogens (tertiary/aromatic N) is 3. The van der Waals surface area contributed by atoms with Crippen molar-refractivity contribution in [1.82, 2.24) is 35.7 Å². The van der Waals surface area contributed by atoms with Crippen molar-refractivity contribution in [3.63, 3.8) is 0 Å². The number of unbranched alkanes of at least 4 members (excludes halogenated alkanes) is 1. The number of fused-ring (bicyclic) bond motifs is 3. The molecule has 5 rings (SSSR count). The van der Waals surface area contributed by atoms with E-state index in [0.29, 0.717) is 49.9 Å². The Morgan fingerprint density at radius 2 is 1.53 bits per heavy atom. The summed E-state index contributed by atoms with van der Waals surface area (Å²) in [6.45, 7) is 15.9. The molecule has 0 fully saturated rings. The van der Waals surface area contributed by atoms with Crippen molar-refractivity contribution >= 4 is 74.5 Å². The van der Waals surface area contributed by atoms with Crippen LogP contribution in [0.25, 0.3) is 10.9 Å². The minimum absolute atomic E-state index is 0.0470. The molecule has 4 amide bonds. The molecular formula is C51H67BrFN7O9S. The number of hydrogen-bond donors (Lipinski definition) is 4. The lowest BCUT2D eigenvalue weighted by atomic mass is 10.0. The molecule has 0 unspecified atom stereocenters. The van der Waals surface area contributed by atoms with Crippen LogP contribution in [0.5, 0.6) is 0 Å². The normalized spacial score (nSPS) is 17.7. The van der Waals surface area contributed by atoms with Crippen molar-refractivity contribution in [2.45, 2.75) is 165 Å². The SMILES string of the molecule is CN1C(=O)[C@H](CCCNC(=O)OC(C)(C)C)NC(=O)[C@H](CCCCC(=O)OC(C)(C)C)NCc2cccnc2Sc2c(F)ccc(Br)c2CNC(=O)[C@@H]1Cc1cn(C(=O)OC(C)(C)C)c2ccccc12. The number of pyridine rings is 1. The molecule has 0 radical (unpaired) electrons. The van der Waals surface area contributed by atoms with E-state index in [9.17, 15) is 24.0 Å². The molecule has 0 saturated carbocycles. The van der Waals surface area contributed by atoms with Crippen LogP contribution >= 0.6 is 27.7 Å². The fourth-order valence-electron chi connectivity index (χ4n) is 7.69. The number of ether oxygens (including phenoxy) is 3. The van der Waals surface area contributed by atoms with E-state index >= 15 is 9.18 Å². The summed E-state index contributed by atoms with van der Waals surface area (Å²) in [5.41, 5.74) is -0.0545. The number of esters is 1. The Bertz CT molecular complexity index is 2530. The maximum atomic E-state index is 16.0. The molecule has 16 nitrogen and oxygen atoms in total. The number of rotatable bonds is 11. The lowest BCUT2D eigenvalue weighted by Crippen LogP contribution is -2.57. The van der Waals surface area contributed by atoms with Crippen LogP contribution in [0, 0.1) is 5.82 Å². The van der Waals surface area contributed by atoms with Crippen molar-refractivity contribution in [3.8, 4) is 0 Å². The predicted octanol–water partition coefficient (Wildman–Crippen LogP) is 8.72. The molecule has 70 heavy (non-hydrogen) atoms. The monoisotopic (exact) mass is 1050 g/mol. The van der Waals surface area contributed by atoms with Crippen molar-refractivity contribution in [1.29, 1.82) is 0 Å². The summed E-state index contributed by atoms with van der Waals surface area (Å²) in [5.74, 6) is -2.64. The second kappa shape index (κ2) is 24.1. The first-order valence-electron chi connectivity index (χ1n) is 23.5. The summed E-state index contributed by atoms with van der Waals surface area (Å²) in [7, 11) is 1.47. The van der Waals surface area contributed by atoms with Crippen molar-refractivity contribution in [2.24, 2.45) is 0 Å². The van der Waals surface area contributed by atoms with Gasteiger partial charge < -0.3 is 40.4 Å². The zero-order chi connectivity index (χ0) is 51.6. The van der Waals surface area contributed by atoms with Gasteiger partial charge in [0.1, 0.15) is 39.7 Å². The number of nitrogens with one attached hydrogen (secondary N) is 4. The first kappa shape index (κ1) is 55.4. The molecular weight excluding hydrogens is 986 g/mol. The van der Waals surface area contributed by atoms with Crippen molar-refractivity contribution in [2.75, 3.05) is 13.6 Å². The summed E-state index contributed by atoms with van der Waals surface area (Å²) >= 11 is 4.65. The Kier molecular flexibility index (Phi) is 19.0. The minimum Gasteiger partial charge on any atom is -0.460 e. The zero-order valence-electron chi connectivity index (χ0n) is 41.8. The standard InChI is InChI=1S/C51H67BrFN7O9S/c1-49(2,3)67-41(61)22-14-12-19-37-43(62)58-38(20-16-26-55-47(65)68-50(4,5)6)46(64)59(10)40(27-32-30-60(48(66)69-51(7,8)9)39-21-13-11-18-33(32)39)44(63)57-29-34-35(52)23-24-36(53)42(34)70-45-31(28-56-37)17-15-25-54-45/h11,13,15,17-18,21,23-25,30,37-38,40,56H,12,14,16,19-20,22,26-29H2,1-10H3,(H,55,65)(H,57,63)(H,58,62)/t37-,38-,40-/m0/s1. The Labute approximate surface area is 422 Å². The number of aromatic nitrogens is 2. The van der Waals surface area contributed by atoms with Crippen LogP contribution < -0.4 is 21.3 Å². The molecule has 380 valence electrons. The molecule has 0 saturated heterocycles. The number of alkyl carbamates (subject to hydrolysis) is 1. The molecule has 1 aliphatic rings. The third-order valence-electron chi connectivity index (χ3n) is 10.9. The van der Waals surface area contributed by atoms with E-state index in [4.69, 9.17) is 14.2 Å². The number of likely N-dealkylation sites (N-methyl/N-ethyl adjacent to an activating group) is 1. The summed E-state index contributed by atoms with van der Waals surface area (Å²) in [6, 6.07) is 10.2. The van der Waals surface area contributed by atoms with Gasteiger partial charge in [-0.15, -0.1) is 0 Å². The summed E-state index contributed by atoms with van der Waals surface area (Å²) in [6.07, 6.45) is 3.32. The van der Waals surface area contributed by atoms with Gasteiger partial charge >= 0.3 is 18.2 Å². The smallest absolute Gasteiger partial charge is 0.419 e. The van der Waals surface area contributed by atoms with Crippen LogP contribution in [0.15, 0.2) is 75.3 Å². The number of para-hydroxylation sites is 1. The van der Waals surface area contributed by atoms with Gasteiger partial charge in [0.05, 0.1) is 16.5 Å². The minimum atomic E-state index is -1.24. The summed E-state index contributed by atoms with van der Waals surface area (Å²) in [5, 5.41) is 13.1. The Hall–Kier alpha value is -5.53. The number of halogens is 2. The Balaban J connectivity index is 1.58. The second-order valence-corrected chi connectivity index (χ2v) is 22.1. The molecule has 0 bridgehead atoms. The third kappa shape index (κ3) is 16.3. The van der Waals surface area contributed by atoms with Gasteiger partial charge in [0.15, 0.2) is 0 Å². The average molecular weight is 1050 g/mol. The van der Waals surface area contributed by atoms with Gasteiger partial charge in [-0.3, -0.25) is 23.7 Å². The first-order valence-corrected chi connectivity index (χ1v) is 25.1. The van der Waals surface area contributed by atoms with E-state index in [1.54, 1.807) is 105 Å². The van der Waals surface area contributed by atoms with E-state index in [2.05, 4.69) is 42.2 Å². The molecule has 0 aliphatic carbocycles. The van der Waals surface area contributed by atoms with Gasteiger partial charge in [0.25, 0.3) is 0 Å². The van der Waals surface area contributed by atoms with Crippen LogP contribution in [0.4, 0.5) is 14.0 Å². The van der Waals surface area contributed by atoms with E-state index in [-0.39, 0.29) is 62.6 Å². The first-order chi connectivity index (χ1) is 32.8. The van der Waals surface area contributed by atoms with Gasteiger partial charge in [0.2, 0.25) is 17.7 Å².